The SMILES string of the molecule is COc1cccc2c1cc(Cc1ccc(Br)cc1)n2C(=O)OC(C)(C)C. The Hall–Kier alpha value is -2.27. The predicted molar refractivity (Wildman–Crippen MR) is 107 cm³/mol. The summed E-state index contributed by atoms with van der Waals surface area (Å²) in [4.78, 5) is 12.9. The largest absolute Gasteiger partial charge is 0.496 e. The zero-order valence-electron chi connectivity index (χ0n) is 15.4. The first-order valence-electron chi connectivity index (χ1n) is 8.43. The van der Waals surface area contributed by atoms with Gasteiger partial charge in [-0.25, -0.2) is 9.36 Å². The summed E-state index contributed by atoms with van der Waals surface area (Å²) in [7, 11) is 1.63. The summed E-state index contributed by atoms with van der Waals surface area (Å²) in [5.74, 6) is 0.738. The molecule has 0 bridgehead atoms. The highest BCUT2D eigenvalue weighted by Crippen LogP contribution is 2.30. The number of hydrogen-bond acceptors (Lipinski definition) is 3. The molecule has 0 N–H and O–H groups in total. The smallest absolute Gasteiger partial charge is 0.419 e. The fraction of sp³-hybridized carbons (Fsp3) is 0.286. The van der Waals surface area contributed by atoms with Gasteiger partial charge in [0.15, 0.2) is 0 Å². The number of halogens is 1. The van der Waals surface area contributed by atoms with Gasteiger partial charge >= 0.3 is 6.09 Å². The van der Waals surface area contributed by atoms with Crippen LogP contribution in [0.4, 0.5) is 4.79 Å². The average Bonchev–Trinajstić information content (AvgIpc) is 2.93. The maximum atomic E-state index is 12.9. The van der Waals surface area contributed by atoms with Gasteiger partial charge in [-0.15, -0.1) is 0 Å². The molecule has 0 spiro atoms. The number of benzene rings is 2. The van der Waals surface area contributed by atoms with Crippen molar-refractivity contribution in [3.63, 3.8) is 0 Å². The normalized spacial score (nSPS) is 11.6. The van der Waals surface area contributed by atoms with Crippen molar-refractivity contribution < 1.29 is 14.3 Å². The second-order valence-electron chi connectivity index (χ2n) is 7.15. The van der Waals surface area contributed by atoms with Crippen LogP contribution < -0.4 is 4.74 Å². The second-order valence-corrected chi connectivity index (χ2v) is 8.06. The number of aromatic nitrogens is 1. The van der Waals surface area contributed by atoms with E-state index in [1.807, 2.05) is 69.3 Å². The van der Waals surface area contributed by atoms with E-state index in [1.165, 1.54) is 0 Å². The van der Waals surface area contributed by atoms with Crippen LogP contribution in [0.15, 0.2) is 53.0 Å². The number of nitrogens with zero attached hydrogens (tertiary/aromatic N) is 1. The molecule has 3 rings (SSSR count). The Kier molecular flexibility index (Phi) is 5.10. The van der Waals surface area contributed by atoms with Crippen LogP contribution in [0.2, 0.25) is 0 Å². The van der Waals surface area contributed by atoms with Crippen molar-refractivity contribution in [1.29, 1.82) is 0 Å². The van der Waals surface area contributed by atoms with E-state index in [0.29, 0.717) is 6.42 Å². The van der Waals surface area contributed by atoms with Gasteiger partial charge in [-0.05, 0) is 56.7 Å². The zero-order valence-corrected chi connectivity index (χ0v) is 17.0. The van der Waals surface area contributed by atoms with Gasteiger partial charge in [0, 0.05) is 22.0 Å². The van der Waals surface area contributed by atoms with Crippen LogP contribution in [-0.2, 0) is 11.2 Å². The van der Waals surface area contributed by atoms with E-state index >= 15 is 0 Å². The molecular formula is C21H22BrNO3. The zero-order chi connectivity index (χ0) is 18.9. The first-order valence-corrected chi connectivity index (χ1v) is 9.23. The summed E-state index contributed by atoms with van der Waals surface area (Å²) in [6.45, 7) is 5.60. The molecule has 0 aliphatic rings. The fourth-order valence-corrected chi connectivity index (χ4v) is 3.17. The van der Waals surface area contributed by atoms with Crippen molar-refractivity contribution in [2.75, 3.05) is 7.11 Å². The second kappa shape index (κ2) is 7.16. The van der Waals surface area contributed by atoms with E-state index in [9.17, 15) is 4.79 Å². The van der Waals surface area contributed by atoms with Crippen molar-refractivity contribution >= 4 is 32.9 Å². The molecule has 1 heterocycles. The summed E-state index contributed by atoms with van der Waals surface area (Å²) in [6.07, 6.45) is 0.234. The van der Waals surface area contributed by atoms with Gasteiger partial charge in [0.25, 0.3) is 0 Å². The monoisotopic (exact) mass is 415 g/mol. The summed E-state index contributed by atoms with van der Waals surface area (Å²) < 4.78 is 13.8. The van der Waals surface area contributed by atoms with Gasteiger partial charge in [-0.2, -0.15) is 0 Å². The first-order chi connectivity index (χ1) is 12.3. The standard InChI is InChI=1S/C21H22BrNO3/c1-21(2,3)26-20(24)23-16(12-14-8-10-15(22)11-9-14)13-17-18(23)6-5-7-19(17)25-4/h5-11,13H,12H2,1-4H3. The third kappa shape index (κ3) is 3.93. The molecule has 1 aromatic heterocycles. The van der Waals surface area contributed by atoms with E-state index in [4.69, 9.17) is 9.47 Å². The van der Waals surface area contributed by atoms with Crippen LogP contribution in [0.3, 0.4) is 0 Å². The summed E-state index contributed by atoms with van der Waals surface area (Å²) in [6, 6.07) is 15.8. The van der Waals surface area contributed by atoms with Gasteiger partial charge < -0.3 is 9.47 Å². The molecule has 3 aromatic rings. The van der Waals surface area contributed by atoms with Gasteiger partial charge in [-0.1, -0.05) is 34.1 Å². The number of ether oxygens (including phenoxy) is 2. The molecule has 0 aliphatic heterocycles. The van der Waals surface area contributed by atoms with Crippen molar-refractivity contribution in [3.05, 3.63) is 64.3 Å². The van der Waals surface area contributed by atoms with Crippen LogP contribution in [0, 0.1) is 0 Å². The molecule has 26 heavy (non-hydrogen) atoms. The Labute approximate surface area is 161 Å². The number of rotatable bonds is 3. The van der Waals surface area contributed by atoms with Gasteiger partial charge in [0.2, 0.25) is 0 Å². The van der Waals surface area contributed by atoms with Crippen molar-refractivity contribution in [3.8, 4) is 5.75 Å². The third-order valence-electron chi connectivity index (χ3n) is 3.98. The Balaban J connectivity index is 2.12. The molecule has 0 unspecified atom stereocenters. The number of methoxy groups -OCH3 is 1. The minimum Gasteiger partial charge on any atom is -0.496 e. The summed E-state index contributed by atoms with van der Waals surface area (Å²) in [5.41, 5.74) is 2.19. The van der Waals surface area contributed by atoms with Crippen LogP contribution in [0.5, 0.6) is 5.75 Å². The first kappa shape index (κ1) is 18.5. The summed E-state index contributed by atoms with van der Waals surface area (Å²) >= 11 is 3.45. The number of hydrogen-bond donors (Lipinski definition) is 0. The molecule has 5 heteroatoms. The number of fused-ring (bicyclic) bond motifs is 1. The predicted octanol–water partition coefficient (Wildman–Crippen LogP) is 5.79. The van der Waals surface area contributed by atoms with Crippen molar-refractivity contribution in [2.24, 2.45) is 0 Å². The number of carbonyl (C=O) groups excluding carboxylic acids is 1. The molecule has 0 amide bonds. The highest BCUT2D eigenvalue weighted by molar-refractivity contribution is 9.10. The third-order valence-corrected chi connectivity index (χ3v) is 4.51. The molecule has 2 aromatic carbocycles. The maximum Gasteiger partial charge on any atom is 0.419 e. The Bertz CT molecular complexity index is 936. The molecule has 4 nitrogen and oxygen atoms in total. The number of carbonyl (C=O) groups is 1. The highest BCUT2D eigenvalue weighted by Gasteiger charge is 2.23. The molecule has 0 aliphatic carbocycles. The van der Waals surface area contributed by atoms with Crippen LogP contribution in [0.1, 0.15) is 32.0 Å². The molecule has 0 fully saturated rings. The van der Waals surface area contributed by atoms with Gasteiger partial charge in [-0.3, -0.25) is 0 Å². The molecule has 0 saturated heterocycles. The summed E-state index contributed by atoms with van der Waals surface area (Å²) in [5, 5.41) is 0.896. The van der Waals surface area contributed by atoms with E-state index < -0.39 is 5.60 Å². The van der Waals surface area contributed by atoms with Gasteiger partial charge in [0.05, 0.1) is 12.6 Å². The molecule has 0 radical (unpaired) electrons. The topological polar surface area (TPSA) is 40.5 Å². The maximum absolute atomic E-state index is 12.9. The Morgan fingerprint density at radius 1 is 1.12 bits per heavy atom. The van der Waals surface area contributed by atoms with Crippen LogP contribution in [-0.4, -0.2) is 23.4 Å². The average molecular weight is 416 g/mol. The van der Waals surface area contributed by atoms with Crippen molar-refractivity contribution in [1.82, 2.24) is 4.57 Å². The van der Waals surface area contributed by atoms with E-state index in [2.05, 4.69) is 15.9 Å². The fourth-order valence-electron chi connectivity index (χ4n) is 2.90. The van der Waals surface area contributed by atoms with Crippen molar-refractivity contribution in [2.45, 2.75) is 32.8 Å². The molecular weight excluding hydrogens is 394 g/mol. The van der Waals surface area contributed by atoms with Gasteiger partial charge in [0.1, 0.15) is 11.4 Å². The lowest BCUT2D eigenvalue weighted by atomic mass is 10.1. The lowest BCUT2D eigenvalue weighted by Crippen LogP contribution is -2.28. The van der Waals surface area contributed by atoms with Crippen LogP contribution >= 0.6 is 15.9 Å². The quantitative estimate of drug-likeness (QED) is 0.543. The Morgan fingerprint density at radius 3 is 2.42 bits per heavy atom. The Morgan fingerprint density at radius 2 is 1.81 bits per heavy atom. The highest BCUT2D eigenvalue weighted by atomic mass is 79.9. The molecule has 136 valence electrons. The molecule has 0 saturated carbocycles. The minimum absolute atomic E-state index is 0.382. The minimum atomic E-state index is -0.568. The van der Waals surface area contributed by atoms with E-state index in [0.717, 1.165) is 32.4 Å². The van der Waals surface area contributed by atoms with E-state index in [-0.39, 0.29) is 6.09 Å². The van der Waals surface area contributed by atoms with Crippen LogP contribution in [0.25, 0.3) is 10.9 Å². The lowest BCUT2D eigenvalue weighted by molar-refractivity contribution is 0.0541. The molecule has 0 atom stereocenters. The lowest BCUT2D eigenvalue weighted by Gasteiger charge is -2.21. The van der Waals surface area contributed by atoms with E-state index in [1.54, 1.807) is 11.7 Å².